The smallest absolute Gasteiger partial charge is 0.398 e. The highest BCUT2D eigenvalue weighted by atomic mass is 19.4. The fraction of sp³-hybridized carbons (Fsp3) is 0.143. The largest absolute Gasteiger partial charge is 0.417 e. The van der Waals surface area contributed by atoms with Gasteiger partial charge in [-0.2, -0.15) is 18.4 Å². The minimum absolute atomic E-state index is 0.178. The van der Waals surface area contributed by atoms with Crippen molar-refractivity contribution in [1.82, 2.24) is 4.98 Å². The van der Waals surface area contributed by atoms with E-state index in [4.69, 9.17) is 11.0 Å². The topological polar surface area (TPSA) is 74.7 Å². The minimum Gasteiger partial charge on any atom is -0.398 e. The number of rotatable bonds is 2. The summed E-state index contributed by atoms with van der Waals surface area (Å²) in [5.74, 6) is 0.330. The van der Waals surface area contributed by atoms with Gasteiger partial charge in [-0.15, -0.1) is 0 Å². The van der Waals surface area contributed by atoms with Gasteiger partial charge in [-0.25, -0.2) is 4.98 Å². The molecule has 0 unspecified atom stereocenters. The van der Waals surface area contributed by atoms with Crippen molar-refractivity contribution in [3.8, 4) is 6.07 Å². The Morgan fingerprint density at radius 2 is 2.00 bits per heavy atom. The van der Waals surface area contributed by atoms with Crippen LogP contribution >= 0.6 is 0 Å². The third-order valence-electron chi connectivity index (χ3n) is 2.86. The van der Waals surface area contributed by atoms with Crippen molar-refractivity contribution in [3.05, 3.63) is 47.2 Å². The molecule has 0 radical (unpaired) electrons. The Bertz CT molecular complexity index is 717. The molecule has 0 saturated heterocycles. The predicted molar refractivity (Wildman–Crippen MR) is 72.8 cm³/mol. The Labute approximate surface area is 119 Å². The fourth-order valence-corrected chi connectivity index (χ4v) is 1.71. The summed E-state index contributed by atoms with van der Waals surface area (Å²) in [6, 6.07) is 6.42. The number of pyridine rings is 1. The van der Waals surface area contributed by atoms with Gasteiger partial charge in [0.25, 0.3) is 0 Å². The summed E-state index contributed by atoms with van der Waals surface area (Å²) in [5.41, 5.74) is 5.73. The molecular weight excluding hydrogens is 281 g/mol. The number of alkyl halides is 3. The van der Waals surface area contributed by atoms with Gasteiger partial charge in [0.15, 0.2) is 0 Å². The molecule has 21 heavy (non-hydrogen) atoms. The number of nitrogens with two attached hydrogens (primary N) is 1. The van der Waals surface area contributed by atoms with Crippen molar-refractivity contribution < 1.29 is 13.2 Å². The molecule has 1 aromatic heterocycles. The van der Waals surface area contributed by atoms with Crippen LogP contribution in [0.2, 0.25) is 0 Å². The Morgan fingerprint density at radius 1 is 1.29 bits per heavy atom. The van der Waals surface area contributed by atoms with Crippen LogP contribution in [-0.4, -0.2) is 4.98 Å². The van der Waals surface area contributed by atoms with E-state index in [1.54, 1.807) is 6.92 Å². The number of hydrogen-bond donors (Lipinski definition) is 2. The van der Waals surface area contributed by atoms with E-state index >= 15 is 0 Å². The Morgan fingerprint density at radius 3 is 2.57 bits per heavy atom. The molecule has 0 bridgehead atoms. The summed E-state index contributed by atoms with van der Waals surface area (Å²) < 4.78 is 38.6. The molecule has 1 heterocycles. The third-order valence-corrected chi connectivity index (χ3v) is 2.86. The Hall–Kier alpha value is -2.75. The number of nitrogen functional groups attached to an aromatic ring is 1. The van der Waals surface area contributed by atoms with Gasteiger partial charge < -0.3 is 11.1 Å². The highest BCUT2D eigenvalue weighted by Gasteiger charge is 2.33. The molecule has 2 rings (SSSR count). The second-order valence-corrected chi connectivity index (χ2v) is 4.42. The summed E-state index contributed by atoms with van der Waals surface area (Å²) in [4.78, 5) is 4.03. The van der Waals surface area contributed by atoms with E-state index in [2.05, 4.69) is 10.3 Å². The predicted octanol–water partition coefficient (Wildman–Crippen LogP) is 3.61. The minimum atomic E-state index is -4.59. The van der Waals surface area contributed by atoms with Crippen LogP contribution in [0, 0.1) is 18.3 Å². The normalized spacial score (nSPS) is 11.0. The Balaban J connectivity index is 2.37. The molecule has 0 saturated carbocycles. The van der Waals surface area contributed by atoms with Crippen LogP contribution in [0.3, 0.4) is 0 Å². The first-order valence-electron chi connectivity index (χ1n) is 5.92. The molecule has 0 aliphatic heterocycles. The molecule has 108 valence electrons. The van der Waals surface area contributed by atoms with Crippen LogP contribution in [0.15, 0.2) is 30.5 Å². The number of nitrogens with one attached hydrogen (secondary N) is 1. The van der Waals surface area contributed by atoms with Gasteiger partial charge in [-0.3, -0.25) is 0 Å². The van der Waals surface area contributed by atoms with Crippen LogP contribution in [0.4, 0.5) is 30.4 Å². The SMILES string of the molecule is Cc1cnc(Nc2ccc(C#N)c(C(F)(F)F)c2)cc1N. The molecule has 0 atom stereocenters. The van der Waals surface area contributed by atoms with Crippen LogP contribution in [0.25, 0.3) is 0 Å². The van der Waals surface area contributed by atoms with Gasteiger partial charge in [-0.05, 0) is 30.7 Å². The van der Waals surface area contributed by atoms with E-state index in [1.165, 1.54) is 24.4 Å². The second-order valence-electron chi connectivity index (χ2n) is 4.42. The summed E-state index contributed by atoms with van der Waals surface area (Å²) in [6.07, 6.45) is -3.07. The molecule has 3 N–H and O–H groups in total. The average Bonchev–Trinajstić information content (AvgIpc) is 2.42. The molecule has 0 amide bonds. The van der Waals surface area contributed by atoms with Crippen LogP contribution in [0.1, 0.15) is 16.7 Å². The van der Waals surface area contributed by atoms with Gasteiger partial charge in [0.1, 0.15) is 5.82 Å². The number of aryl methyl sites for hydroxylation is 1. The molecule has 1 aromatic carbocycles. The van der Waals surface area contributed by atoms with Crippen molar-refractivity contribution >= 4 is 17.2 Å². The Kier molecular flexibility index (Phi) is 3.72. The number of anilines is 3. The zero-order valence-electron chi connectivity index (χ0n) is 11.0. The summed E-state index contributed by atoms with van der Waals surface area (Å²) >= 11 is 0. The lowest BCUT2D eigenvalue weighted by molar-refractivity contribution is -0.137. The molecule has 0 aliphatic carbocycles. The van der Waals surface area contributed by atoms with E-state index in [-0.39, 0.29) is 5.69 Å². The van der Waals surface area contributed by atoms with Gasteiger partial charge in [0, 0.05) is 23.6 Å². The van der Waals surface area contributed by atoms with E-state index in [9.17, 15) is 13.2 Å². The molecule has 4 nitrogen and oxygen atoms in total. The first-order valence-corrected chi connectivity index (χ1v) is 5.92. The molecular formula is C14H11F3N4. The quantitative estimate of drug-likeness (QED) is 0.886. The van der Waals surface area contributed by atoms with Crippen LogP contribution in [-0.2, 0) is 6.18 Å². The number of benzene rings is 1. The summed E-state index contributed by atoms with van der Waals surface area (Å²) in [7, 11) is 0. The first kappa shape index (κ1) is 14.7. The zero-order valence-corrected chi connectivity index (χ0v) is 11.0. The standard InChI is InChI=1S/C14H11F3N4/c1-8-7-20-13(5-12(8)19)21-10-3-2-9(6-18)11(4-10)14(15,16)17/h2-5,7H,1H3,(H3,19,20,21). The van der Waals surface area contributed by atoms with E-state index in [0.717, 1.165) is 17.7 Å². The lowest BCUT2D eigenvalue weighted by Gasteiger charge is -2.12. The number of nitriles is 1. The highest BCUT2D eigenvalue weighted by Crippen LogP contribution is 2.34. The fourth-order valence-electron chi connectivity index (χ4n) is 1.71. The summed E-state index contributed by atoms with van der Waals surface area (Å²) in [6.45, 7) is 1.77. The molecule has 0 aliphatic rings. The highest BCUT2D eigenvalue weighted by molar-refractivity contribution is 5.63. The zero-order chi connectivity index (χ0) is 15.6. The van der Waals surface area contributed by atoms with E-state index in [0.29, 0.717) is 11.5 Å². The number of hydrogen-bond acceptors (Lipinski definition) is 4. The van der Waals surface area contributed by atoms with Gasteiger partial charge in [0.05, 0.1) is 17.2 Å². The maximum Gasteiger partial charge on any atom is 0.417 e. The van der Waals surface area contributed by atoms with Crippen molar-refractivity contribution in [2.45, 2.75) is 13.1 Å². The lowest BCUT2D eigenvalue weighted by atomic mass is 10.1. The van der Waals surface area contributed by atoms with Crippen molar-refractivity contribution in [2.24, 2.45) is 0 Å². The first-order chi connectivity index (χ1) is 9.81. The van der Waals surface area contributed by atoms with Gasteiger partial charge in [-0.1, -0.05) is 0 Å². The van der Waals surface area contributed by atoms with Crippen LogP contribution in [0.5, 0.6) is 0 Å². The van der Waals surface area contributed by atoms with Crippen molar-refractivity contribution in [3.63, 3.8) is 0 Å². The van der Waals surface area contributed by atoms with Gasteiger partial charge >= 0.3 is 6.18 Å². The van der Waals surface area contributed by atoms with E-state index < -0.39 is 17.3 Å². The molecule has 2 aromatic rings. The number of aromatic nitrogens is 1. The maximum atomic E-state index is 12.9. The van der Waals surface area contributed by atoms with Crippen molar-refractivity contribution in [2.75, 3.05) is 11.1 Å². The van der Waals surface area contributed by atoms with Gasteiger partial charge in [0.2, 0.25) is 0 Å². The van der Waals surface area contributed by atoms with E-state index in [1.807, 2.05) is 0 Å². The maximum absolute atomic E-state index is 12.9. The molecule has 0 fully saturated rings. The molecule has 0 spiro atoms. The average molecular weight is 292 g/mol. The lowest BCUT2D eigenvalue weighted by Crippen LogP contribution is -2.08. The monoisotopic (exact) mass is 292 g/mol. The number of nitrogens with zero attached hydrogens (tertiary/aromatic N) is 2. The van der Waals surface area contributed by atoms with Crippen molar-refractivity contribution in [1.29, 1.82) is 5.26 Å². The molecule has 7 heteroatoms. The number of halogens is 3. The third kappa shape index (κ3) is 3.23. The summed E-state index contributed by atoms with van der Waals surface area (Å²) in [5, 5.41) is 11.5. The second kappa shape index (κ2) is 5.32. The van der Waals surface area contributed by atoms with Crippen LogP contribution < -0.4 is 11.1 Å².